The van der Waals surface area contributed by atoms with E-state index in [0.717, 1.165) is 15.8 Å². The summed E-state index contributed by atoms with van der Waals surface area (Å²) in [5.74, 6) is 0.616. The average molecular weight is 428 g/mol. The smallest absolute Gasteiger partial charge is 0.306 e. The molecule has 1 amide bonds. The number of carbonyl (C=O) groups excluding carboxylic acids is 2. The van der Waals surface area contributed by atoms with Crippen molar-refractivity contribution in [2.24, 2.45) is 0 Å². The lowest BCUT2D eigenvalue weighted by Crippen LogP contribution is -2.21. The first-order chi connectivity index (χ1) is 13.1. The van der Waals surface area contributed by atoms with Gasteiger partial charge in [-0.1, -0.05) is 42.5 Å². The molecular formula is C21H18BrNO4. The van der Waals surface area contributed by atoms with E-state index in [2.05, 4.69) is 21.2 Å². The molecule has 1 aromatic heterocycles. The molecule has 1 heterocycles. The molecule has 0 unspecified atom stereocenters. The van der Waals surface area contributed by atoms with Gasteiger partial charge in [-0.25, -0.2) is 0 Å². The lowest BCUT2D eigenvalue weighted by Gasteiger charge is -2.07. The maximum atomic E-state index is 11.9. The van der Waals surface area contributed by atoms with Crippen LogP contribution in [0.15, 0.2) is 75.6 Å². The highest BCUT2D eigenvalue weighted by Gasteiger charge is 2.11. The Balaban J connectivity index is 1.43. The van der Waals surface area contributed by atoms with Crippen molar-refractivity contribution in [3.8, 4) is 11.3 Å². The Bertz CT molecular complexity index is 921. The zero-order valence-electron chi connectivity index (χ0n) is 14.5. The van der Waals surface area contributed by atoms with Crippen LogP contribution in [0, 0.1) is 0 Å². The van der Waals surface area contributed by atoms with Gasteiger partial charge >= 0.3 is 5.97 Å². The summed E-state index contributed by atoms with van der Waals surface area (Å²) in [5.41, 5.74) is 1.61. The van der Waals surface area contributed by atoms with E-state index in [1.807, 2.05) is 54.6 Å². The standard InChI is InChI=1S/C21H18BrNO4/c22-17-8-4-5-9-18(17)23-20(24)14-26-21(25)13-11-16-10-12-19(27-16)15-6-2-1-3-7-15/h1-10,12H,11,13-14H2,(H,23,24). The molecule has 0 bridgehead atoms. The molecule has 0 atom stereocenters. The van der Waals surface area contributed by atoms with Crippen molar-refractivity contribution in [2.75, 3.05) is 11.9 Å². The maximum absolute atomic E-state index is 11.9. The second-order valence-electron chi connectivity index (χ2n) is 5.82. The number of ether oxygens (including phenoxy) is 1. The van der Waals surface area contributed by atoms with Crippen LogP contribution in [0.25, 0.3) is 11.3 Å². The number of hydrogen-bond donors (Lipinski definition) is 1. The van der Waals surface area contributed by atoms with E-state index >= 15 is 0 Å². The SMILES string of the molecule is O=C(COC(=O)CCc1ccc(-c2ccccc2)o1)Nc1ccccc1Br. The number of rotatable bonds is 7. The lowest BCUT2D eigenvalue weighted by atomic mass is 10.2. The van der Waals surface area contributed by atoms with Gasteiger partial charge in [0.15, 0.2) is 6.61 Å². The highest BCUT2D eigenvalue weighted by Crippen LogP contribution is 2.23. The van der Waals surface area contributed by atoms with Gasteiger partial charge in [-0.3, -0.25) is 9.59 Å². The number of anilines is 1. The van der Waals surface area contributed by atoms with E-state index in [0.29, 0.717) is 17.9 Å². The first-order valence-corrected chi connectivity index (χ1v) is 9.25. The number of benzene rings is 2. The number of aryl methyl sites for hydroxylation is 1. The fourth-order valence-electron chi connectivity index (χ4n) is 2.46. The van der Waals surface area contributed by atoms with Crippen molar-refractivity contribution >= 4 is 33.5 Å². The van der Waals surface area contributed by atoms with E-state index in [-0.39, 0.29) is 18.9 Å². The second kappa shape index (κ2) is 9.19. The van der Waals surface area contributed by atoms with E-state index in [1.54, 1.807) is 12.1 Å². The van der Waals surface area contributed by atoms with Crippen molar-refractivity contribution in [1.29, 1.82) is 0 Å². The highest BCUT2D eigenvalue weighted by atomic mass is 79.9. The van der Waals surface area contributed by atoms with Crippen LogP contribution in [0.3, 0.4) is 0 Å². The second-order valence-corrected chi connectivity index (χ2v) is 6.68. The normalized spacial score (nSPS) is 10.4. The van der Waals surface area contributed by atoms with Crippen LogP contribution in [0.2, 0.25) is 0 Å². The molecule has 6 heteroatoms. The quantitative estimate of drug-likeness (QED) is 0.548. The monoisotopic (exact) mass is 427 g/mol. The van der Waals surface area contributed by atoms with E-state index in [9.17, 15) is 9.59 Å². The molecule has 0 spiro atoms. The van der Waals surface area contributed by atoms with Crippen molar-refractivity contribution in [3.63, 3.8) is 0 Å². The Morgan fingerprint density at radius 2 is 1.70 bits per heavy atom. The summed E-state index contributed by atoms with van der Waals surface area (Å²) in [6, 6.07) is 20.7. The van der Waals surface area contributed by atoms with E-state index < -0.39 is 5.97 Å². The van der Waals surface area contributed by atoms with Gasteiger partial charge < -0.3 is 14.5 Å². The molecular weight excluding hydrogens is 410 g/mol. The molecule has 5 nitrogen and oxygen atoms in total. The summed E-state index contributed by atoms with van der Waals surface area (Å²) < 4.78 is 11.5. The van der Waals surface area contributed by atoms with Gasteiger partial charge in [0.05, 0.1) is 12.1 Å². The number of esters is 1. The van der Waals surface area contributed by atoms with Crippen LogP contribution in [0.4, 0.5) is 5.69 Å². The summed E-state index contributed by atoms with van der Waals surface area (Å²) in [7, 11) is 0. The Morgan fingerprint density at radius 1 is 0.963 bits per heavy atom. The number of hydrogen-bond acceptors (Lipinski definition) is 4. The molecule has 0 radical (unpaired) electrons. The number of carbonyl (C=O) groups is 2. The van der Waals surface area contributed by atoms with Crippen molar-refractivity contribution in [1.82, 2.24) is 0 Å². The molecule has 0 aliphatic carbocycles. The van der Waals surface area contributed by atoms with E-state index in [1.165, 1.54) is 0 Å². The predicted molar refractivity (Wildman–Crippen MR) is 106 cm³/mol. The molecule has 0 aliphatic heterocycles. The highest BCUT2D eigenvalue weighted by molar-refractivity contribution is 9.10. The minimum atomic E-state index is -0.449. The molecule has 2 aromatic carbocycles. The van der Waals surface area contributed by atoms with E-state index in [4.69, 9.17) is 9.15 Å². The molecule has 0 aliphatic rings. The molecule has 0 saturated carbocycles. The third-order valence-corrected chi connectivity index (χ3v) is 4.50. The Morgan fingerprint density at radius 3 is 2.48 bits per heavy atom. The van der Waals surface area contributed by atoms with Gasteiger partial charge in [-0.2, -0.15) is 0 Å². The zero-order valence-corrected chi connectivity index (χ0v) is 16.1. The molecule has 138 valence electrons. The van der Waals surface area contributed by atoms with Gasteiger partial charge in [0.2, 0.25) is 0 Å². The number of furan rings is 1. The lowest BCUT2D eigenvalue weighted by molar-refractivity contribution is -0.147. The summed E-state index contributed by atoms with van der Waals surface area (Å²) in [6.07, 6.45) is 0.557. The fraction of sp³-hybridized carbons (Fsp3) is 0.143. The van der Waals surface area contributed by atoms with Crippen molar-refractivity contribution in [3.05, 3.63) is 77.0 Å². The maximum Gasteiger partial charge on any atom is 0.306 e. The third-order valence-electron chi connectivity index (χ3n) is 3.81. The summed E-state index contributed by atoms with van der Waals surface area (Å²) >= 11 is 3.34. The van der Waals surface area contributed by atoms with Crippen LogP contribution in [0.1, 0.15) is 12.2 Å². The van der Waals surface area contributed by atoms with Gasteiger partial charge in [0.25, 0.3) is 5.91 Å². The first-order valence-electron chi connectivity index (χ1n) is 8.46. The van der Waals surface area contributed by atoms with Crippen LogP contribution in [-0.2, 0) is 20.7 Å². The van der Waals surface area contributed by atoms with Crippen LogP contribution in [0.5, 0.6) is 0 Å². The molecule has 3 aromatic rings. The van der Waals surface area contributed by atoms with Gasteiger partial charge in [-0.15, -0.1) is 0 Å². The summed E-state index contributed by atoms with van der Waals surface area (Å²) in [4.78, 5) is 23.7. The minimum absolute atomic E-state index is 0.143. The van der Waals surface area contributed by atoms with Gasteiger partial charge in [-0.05, 0) is 40.2 Å². The average Bonchev–Trinajstić information content (AvgIpc) is 3.16. The zero-order chi connectivity index (χ0) is 19.1. The minimum Gasteiger partial charge on any atom is -0.461 e. The molecule has 0 saturated heterocycles. The molecule has 27 heavy (non-hydrogen) atoms. The van der Waals surface area contributed by atoms with Crippen LogP contribution < -0.4 is 5.32 Å². The van der Waals surface area contributed by atoms with Gasteiger partial charge in [0, 0.05) is 16.5 Å². The number of nitrogens with one attached hydrogen (secondary N) is 1. The Hall–Kier alpha value is -2.86. The van der Waals surface area contributed by atoms with Gasteiger partial charge in [0.1, 0.15) is 11.5 Å². The number of para-hydroxylation sites is 1. The van der Waals surface area contributed by atoms with Crippen molar-refractivity contribution in [2.45, 2.75) is 12.8 Å². The molecule has 0 fully saturated rings. The summed E-state index contributed by atoms with van der Waals surface area (Å²) in [5, 5.41) is 2.68. The summed E-state index contributed by atoms with van der Waals surface area (Å²) in [6.45, 7) is -0.326. The first kappa shape index (κ1) is 18.9. The Kier molecular flexibility index (Phi) is 6.44. The fourth-order valence-corrected chi connectivity index (χ4v) is 2.85. The molecule has 1 N–H and O–H groups in total. The number of halogens is 1. The van der Waals surface area contributed by atoms with Crippen LogP contribution >= 0.6 is 15.9 Å². The third kappa shape index (κ3) is 5.56. The Labute approximate surface area is 165 Å². The predicted octanol–water partition coefficient (Wildman–Crippen LogP) is 4.82. The van der Waals surface area contributed by atoms with Crippen LogP contribution in [-0.4, -0.2) is 18.5 Å². The topological polar surface area (TPSA) is 68.5 Å². The molecule has 3 rings (SSSR count). The van der Waals surface area contributed by atoms with Crippen molar-refractivity contribution < 1.29 is 18.7 Å². The largest absolute Gasteiger partial charge is 0.461 e. The number of amides is 1.